The van der Waals surface area contributed by atoms with Crippen LogP contribution in [0.2, 0.25) is 0 Å². The molecule has 1 saturated heterocycles. The van der Waals surface area contributed by atoms with Crippen LogP contribution >= 0.6 is 15.9 Å². The van der Waals surface area contributed by atoms with Crippen molar-refractivity contribution in [2.75, 3.05) is 13.1 Å². The van der Waals surface area contributed by atoms with Gasteiger partial charge in [0.15, 0.2) is 0 Å². The molecule has 7 heteroatoms. The topological polar surface area (TPSA) is 86.7 Å². The first-order valence-corrected chi connectivity index (χ1v) is 8.69. The summed E-state index contributed by atoms with van der Waals surface area (Å²) in [6.45, 7) is 2.65. The Hall–Kier alpha value is -1.89. The van der Waals surface area contributed by atoms with E-state index in [2.05, 4.69) is 21.2 Å². The van der Waals surface area contributed by atoms with Crippen LogP contribution in [0.1, 0.15) is 37.8 Å². The molecule has 2 N–H and O–H groups in total. The molecular weight excluding hydrogens is 376 g/mol. The van der Waals surface area contributed by atoms with Gasteiger partial charge < -0.3 is 15.3 Å². The third-order valence-electron chi connectivity index (χ3n) is 4.28. The van der Waals surface area contributed by atoms with Crippen molar-refractivity contribution in [3.05, 3.63) is 34.3 Å². The first-order valence-electron chi connectivity index (χ1n) is 7.90. The molecule has 0 saturated carbocycles. The number of nitrogens with zero attached hydrogens (tertiary/aromatic N) is 1. The molecule has 1 aromatic rings. The van der Waals surface area contributed by atoms with Crippen LogP contribution in [0, 0.1) is 5.92 Å². The minimum atomic E-state index is -0.963. The van der Waals surface area contributed by atoms with Gasteiger partial charge in [-0.3, -0.25) is 14.4 Å². The Morgan fingerprint density at radius 3 is 2.33 bits per heavy atom. The molecule has 1 heterocycles. The molecule has 0 unspecified atom stereocenters. The number of hydrogen-bond acceptors (Lipinski definition) is 3. The maximum atomic E-state index is 12.5. The van der Waals surface area contributed by atoms with Crippen LogP contribution < -0.4 is 5.32 Å². The molecule has 0 aliphatic carbocycles. The number of carbonyl (C=O) groups excluding carboxylic acids is 2. The number of hydrogen-bond donors (Lipinski definition) is 2. The number of amides is 2. The molecule has 0 radical (unpaired) electrons. The van der Waals surface area contributed by atoms with Crippen molar-refractivity contribution in [2.45, 2.75) is 32.2 Å². The Balaban J connectivity index is 2.01. The monoisotopic (exact) mass is 396 g/mol. The Labute approximate surface area is 149 Å². The molecule has 1 atom stereocenters. The summed E-state index contributed by atoms with van der Waals surface area (Å²) in [4.78, 5) is 36.7. The molecule has 1 aliphatic rings. The van der Waals surface area contributed by atoms with Crippen LogP contribution in [-0.2, 0) is 14.4 Å². The largest absolute Gasteiger partial charge is 0.481 e. The van der Waals surface area contributed by atoms with Crippen LogP contribution in [0.15, 0.2) is 28.7 Å². The van der Waals surface area contributed by atoms with Crippen LogP contribution in [0.4, 0.5) is 0 Å². The molecule has 1 fully saturated rings. The van der Waals surface area contributed by atoms with Gasteiger partial charge in [0.2, 0.25) is 11.8 Å². The third kappa shape index (κ3) is 5.06. The summed E-state index contributed by atoms with van der Waals surface area (Å²) in [5.41, 5.74) is 0.759. The lowest BCUT2D eigenvalue weighted by molar-refractivity contribution is -0.138. The highest BCUT2D eigenvalue weighted by Crippen LogP contribution is 2.23. The second-order valence-electron chi connectivity index (χ2n) is 5.99. The van der Waals surface area contributed by atoms with Gasteiger partial charge in [0.25, 0.3) is 0 Å². The first-order chi connectivity index (χ1) is 11.4. The van der Waals surface area contributed by atoms with E-state index in [1.165, 1.54) is 6.92 Å². The number of halogens is 1. The van der Waals surface area contributed by atoms with E-state index in [9.17, 15) is 14.4 Å². The number of piperidine rings is 1. The van der Waals surface area contributed by atoms with Crippen molar-refractivity contribution in [2.24, 2.45) is 5.92 Å². The van der Waals surface area contributed by atoms with E-state index in [0.717, 1.165) is 10.0 Å². The van der Waals surface area contributed by atoms with Gasteiger partial charge in [0, 0.05) is 30.4 Å². The summed E-state index contributed by atoms with van der Waals surface area (Å²) < 4.78 is 0.892. The molecule has 6 nitrogen and oxygen atoms in total. The van der Waals surface area contributed by atoms with E-state index >= 15 is 0 Å². The standard InChI is InChI=1S/C17H21BrN2O4/c1-11(21)20-8-6-13(7-9-20)17(24)19-15(10-16(22)23)12-2-4-14(18)5-3-12/h2-5,13,15H,6-10H2,1H3,(H,19,24)(H,22,23)/t15-/m0/s1. The number of likely N-dealkylation sites (tertiary alicyclic amines) is 1. The zero-order valence-corrected chi connectivity index (χ0v) is 15.1. The number of nitrogens with one attached hydrogen (secondary N) is 1. The molecule has 0 spiro atoms. The van der Waals surface area contributed by atoms with Crippen LogP contribution in [0.25, 0.3) is 0 Å². The maximum Gasteiger partial charge on any atom is 0.305 e. The van der Waals surface area contributed by atoms with Gasteiger partial charge in [-0.1, -0.05) is 28.1 Å². The zero-order chi connectivity index (χ0) is 17.7. The third-order valence-corrected chi connectivity index (χ3v) is 4.81. The molecule has 2 amide bonds. The van der Waals surface area contributed by atoms with Gasteiger partial charge >= 0.3 is 5.97 Å². The van der Waals surface area contributed by atoms with Gasteiger partial charge in [0.05, 0.1) is 12.5 Å². The van der Waals surface area contributed by atoms with Crippen molar-refractivity contribution in [3.8, 4) is 0 Å². The lowest BCUT2D eigenvalue weighted by atomic mass is 9.94. The summed E-state index contributed by atoms with van der Waals surface area (Å²) in [6, 6.07) is 6.68. The highest BCUT2D eigenvalue weighted by molar-refractivity contribution is 9.10. The molecule has 2 rings (SSSR count). The predicted octanol–water partition coefficient (Wildman–Crippen LogP) is 2.34. The van der Waals surface area contributed by atoms with Gasteiger partial charge in [0.1, 0.15) is 0 Å². The Kier molecular flexibility index (Phi) is 6.36. The number of carbonyl (C=O) groups is 3. The van der Waals surface area contributed by atoms with Crippen molar-refractivity contribution in [1.82, 2.24) is 10.2 Å². The quantitative estimate of drug-likeness (QED) is 0.799. The van der Waals surface area contributed by atoms with Crippen LogP contribution in [0.3, 0.4) is 0 Å². The van der Waals surface area contributed by atoms with E-state index in [1.54, 1.807) is 17.0 Å². The van der Waals surface area contributed by atoms with E-state index in [4.69, 9.17) is 5.11 Å². The molecule has 24 heavy (non-hydrogen) atoms. The zero-order valence-electron chi connectivity index (χ0n) is 13.5. The van der Waals surface area contributed by atoms with E-state index in [-0.39, 0.29) is 24.2 Å². The Morgan fingerprint density at radius 1 is 1.25 bits per heavy atom. The summed E-state index contributed by atoms with van der Waals surface area (Å²) in [7, 11) is 0. The predicted molar refractivity (Wildman–Crippen MR) is 92.3 cm³/mol. The SMILES string of the molecule is CC(=O)N1CCC(C(=O)N[C@@H](CC(=O)O)c2ccc(Br)cc2)CC1. The molecule has 0 bridgehead atoms. The highest BCUT2D eigenvalue weighted by atomic mass is 79.9. The summed E-state index contributed by atoms with van der Waals surface area (Å²) in [6.07, 6.45) is 1.04. The molecule has 1 aliphatic heterocycles. The number of benzene rings is 1. The van der Waals surface area contributed by atoms with Crippen LogP contribution in [-0.4, -0.2) is 40.9 Å². The second-order valence-corrected chi connectivity index (χ2v) is 6.91. The molecule has 1 aromatic carbocycles. The van der Waals surface area contributed by atoms with E-state index in [1.807, 2.05) is 12.1 Å². The maximum absolute atomic E-state index is 12.5. The lowest BCUT2D eigenvalue weighted by Gasteiger charge is -2.31. The number of carboxylic acid groups (broad SMARTS) is 1. The number of carboxylic acids is 1. The average Bonchev–Trinajstić information content (AvgIpc) is 2.54. The van der Waals surface area contributed by atoms with Gasteiger partial charge in [-0.05, 0) is 30.5 Å². The normalized spacial score (nSPS) is 16.5. The molecule has 130 valence electrons. The smallest absolute Gasteiger partial charge is 0.305 e. The fraction of sp³-hybridized carbons (Fsp3) is 0.471. The molecular formula is C17H21BrN2O4. The second kappa shape index (κ2) is 8.28. The van der Waals surface area contributed by atoms with Crippen molar-refractivity contribution in [1.29, 1.82) is 0 Å². The molecule has 0 aromatic heterocycles. The highest BCUT2D eigenvalue weighted by Gasteiger charge is 2.28. The lowest BCUT2D eigenvalue weighted by Crippen LogP contribution is -2.43. The minimum Gasteiger partial charge on any atom is -0.481 e. The van der Waals surface area contributed by atoms with Crippen LogP contribution in [0.5, 0.6) is 0 Å². The first kappa shape index (κ1) is 18.4. The summed E-state index contributed by atoms with van der Waals surface area (Å²) in [5.74, 6) is -1.28. The van der Waals surface area contributed by atoms with Gasteiger partial charge in [-0.2, -0.15) is 0 Å². The average molecular weight is 397 g/mol. The fourth-order valence-electron chi connectivity index (χ4n) is 2.87. The van der Waals surface area contributed by atoms with Crippen molar-refractivity contribution in [3.63, 3.8) is 0 Å². The number of aliphatic carboxylic acids is 1. The van der Waals surface area contributed by atoms with Gasteiger partial charge in [-0.25, -0.2) is 0 Å². The summed E-state index contributed by atoms with van der Waals surface area (Å²) >= 11 is 3.34. The van der Waals surface area contributed by atoms with Crippen molar-refractivity contribution >= 4 is 33.7 Å². The van der Waals surface area contributed by atoms with E-state index < -0.39 is 12.0 Å². The fourth-order valence-corrected chi connectivity index (χ4v) is 3.13. The Bertz CT molecular complexity index is 610. The van der Waals surface area contributed by atoms with Gasteiger partial charge in [-0.15, -0.1) is 0 Å². The number of rotatable bonds is 5. The summed E-state index contributed by atoms with van der Waals surface area (Å²) in [5, 5.41) is 12.0. The van der Waals surface area contributed by atoms with E-state index in [0.29, 0.717) is 25.9 Å². The minimum absolute atomic E-state index is 0.0208. The Morgan fingerprint density at radius 2 is 1.83 bits per heavy atom. The van der Waals surface area contributed by atoms with Crippen molar-refractivity contribution < 1.29 is 19.5 Å².